The van der Waals surface area contributed by atoms with Crippen LogP contribution >= 0.6 is 46.2 Å². The number of rotatable bonds is 17. The van der Waals surface area contributed by atoms with Gasteiger partial charge in [0.05, 0.1) is 0 Å². The topological polar surface area (TPSA) is 186 Å². The summed E-state index contributed by atoms with van der Waals surface area (Å²) in [6.45, 7) is 5.28. The zero-order chi connectivity index (χ0) is 51.0. The highest BCUT2D eigenvalue weighted by molar-refractivity contribution is 8.03. The number of thioether (sulfide) groups is 2. The number of amides is 3. The molecule has 2 atom stereocenters. The van der Waals surface area contributed by atoms with Gasteiger partial charge in [-0.1, -0.05) is 180 Å². The lowest BCUT2D eigenvalue weighted by Gasteiger charge is -2.49. The molecule has 5 aromatic carbocycles. The van der Waals surface area contributed by atoms with Crippen LogP contribution in [0.1, 0.15) is 60.4 Å². The molecule has 0 radical (unpaired) electrons. The van der Waals surface area contributed by atoms with Gasteiger partial charge in [0, 0.05) is 11.1 Å². The Kier molecular flexibility index (Phi) is 15.5. The van der Waals surface area contributed by atoms with Gasteiger partial charge in [0.15, 0.2) is 21.3 Å². The van der Waals surface area contributed by atoms with Crippen molar-refractivity contribution < 1.29 is 33.5 Å². The summed E-state index contributed by atoms with van der Waals surface area (Å²) >= 11 is 5.03. The van der Waals surface area contributed by atoms with Gasteiger partial charge in [-0.05, 0) is 65.6 Å². The Bertz CT molecular complexity index is 3030. The fraction of sp³-hybridized carbons (Fsp3) is 0.185. The zero-order valence-corrected chi connectivity index (χ0v) is 43.1. The first-order valence-electron chi connectivity index (χ1n) is 22.9. The number of ether oxygens (including phenoxy) is 2. The summed E-state index contributed by atoms with van der Waals surface area (Å²) in [4.78, 5) is 67.3. The molecule has 1 fully saturated rings. The van der Waals surface area contributed by atoms with Crippen molar-refractivity contribution >= 4 is 86.0 Å². The van der Waals surface area contributed by atoms with E-state index in [0.717, 1.165) is 39.2 Å². The number of allylic oxidation sites excluding steroid dienone is 1. The number of carbonyl (C=O) groups excluding carboxylic acids is 4. The number of oxime groups is 1. The monoisotopic (exact) mass is 1050 g/mol. The fourth-order valence-electron chi connectivity index (χ4n) is 8.27. The second kappa shape index (κ2) is 22.5. The van der Waals surface area contributed by atoms with Crippen LogP contribution < -0.4 is 16.0 Å². The average molecular weight is 1050 g/mol. The molecule has 7 aromatic rings. The Balaban J connectivity index is 0.972. The lowest BCUT2D eigenvalue weighted by molar-refractivity contribution is -0.154. The van der Waals surface area contributed by atoms with E-state index in [9.17, 15) is 19.2 Å². The van der Waals surface area contributed by atoms with Crippen LogP contribution in [0.3, 0.4) is 0 Å². The number of fused-ring (bicyclic) bond motifs is 1. The van der Waals surface area contributed by atoms with Gasteiger partial charge < -0.3 is 24.9 Å². The molecular weight excluding hydrogens is 1000 g/mol. The van der Waals surface area contributed by atoms with Gasteiger partial charge in [0.25, 0.3) is 11.8 Å². The van der Waals surface area contributed by atoms with E-state index in [2.05, 4.69) is 67.7 Å². The number of benzene rings is 5. The van der Waals surface area contributed by atoms with Crippen LogP contribution in [0.25, 0.3) is 0 Å². The molecule has 2 unspecified atom stereocenters. The fourth-order valence-corrected chi connectivity index (χ4v) is 11.8. The maximum absolute atomic E-state index is 14.7. The number of hydrogen-bond donors (Lipinski definition) is 3. The quantitative estimate of drug-likeness (QED) is 0.0149. The molecule has 9 rings (SSSR count). The molecule has 1 saturated heterocycles. The molecule has 0 saturated carbocycles. The number of thiazole rings is 1. The van der Waals surface area contributed by atoms with E-state index in [1.165, 1.54) is 46.9 Å². The summed E-state index contributed by atoms with van der Waals surface area (Å²) in [5, 5.41) is 25.0. The van der Waals surface area contributed by atoms with Gasteiger partial charge in [0.2, 0.25) is 5.13 Å². The predicted molar refractivity (Wildman–Crippen MR) is 286 cm³/mol. The van der Waals surface area contributed by atoms with Gasteiger partial charge in [-0.25, -0.2) is 14.6 Å². The second-order valence-electron chi connectivity index (χ2n) is 17.4. The second-order valence-corrected chi connectivity index (χ2v) is 21.5. The number of anilines is 2. The standard InChI is InChI=1S/C54H48N8O7S4/c1-53(2,3)69-51(66)57-50-59-60-52(73-50)70-31-30-36-32-71-47-42(46(64)62(47)43(36)48(65)68-44(34-20-10-5-11-21-34)35-22-12-6-13-23-35)56-45(63)41(61-67-4)40-33-72-49(55-40)58-54(37-24-14-7-15-25-37,38-26-16-8-17-27-38)39-28-18-9-19-29-39/h5-31,33,42,44,47H,32H2,1-4H3,(H,55,58)(H,56,63)(H,57,59,66). The first-order valence-corrected chi connectivity index (χ1v) is 26.5. The van der Waals surface area contributed by atoms with Crippen LogP contribution in [-0.4, -0.2) is 79.5 Å². The molecule has 2 aliphatic rings. The van der Waals surface area contributed by atoms with Gasteiger partial charge in [-0.15, -0.1) is 33.3 Å². The minimum absolute atomic E-state index is 0.0391. The van der Waals surface area contributed by atoms with E-state index < -0.39 is 52.5 Å². The van der Waals surface area contributed by atoms with E-state index >= 15 is 0 Å². The molecule has 0 bridgehead atoms. The van der Waals surface area contributed by atoms with Crippen LogP contribution in [0.15, 0.2) is 189 Å². The molecule has 0 aliphatic carbocycles. The van der Waals surface area contributed by atoms with Crippen molar-refractivity contribution in [2.24, 2.45) is 5.16 Å². The van der Waals surface area contributed by atoms with Crippen molar-refractivity contribution in [3.63, 3.8) is 0 Å². The van der Waals surface area contributed by atoms with Gasteiger partial charge >= 0.3 is 12.1 Å². The van der Waals surface area contributed by atoms with Gasteiger partial charge in [-0.3, -0.25) is 19.8 Å². The Morgan fingerprint density at radius 3 is 1.90 bits per heavy atom. The van der Waals surface area contributed by atoms with Crippen LogP contribution in [0.5, 0.6) is 0 Å². The number of nitrogens with zero attached hydrogens (tertiary/aromatic N) is 5. The number of β-lactam (4-membered cyclic amide) rings is 1. The molecule has 15 nitrogen and oxygen atoms in total. The highest BCUT2D eigenvalue weighted by Crippen LogP contribution is 2.44. The van der Waals surface area contributed by atoms with E-state index in [4.69, 9.17) is 19.3 Å². The molecule has 2 aromatic heterocycles. The molecule has 73 heavy (non-hydrogen) atoms. The van der Waals surface area contributed by atoms with Gasteiger partial charge in [0.1, 0.15) is 41.1 Å². The van der Waals surface area contributed by atoms with Crippen LogP contribution in [0.2, 0.25) is 0 Å². The molecule has 2 aliphatic heterocycles. The lowest BCUT2D eigenvalue weighted by atomic mass is 9.77. The summed E-state index contributed by atoms with van der Waals surface area (Å²) in [5.41, 5.74) is 3.43. The third-order valence-electron chi connectivity index (χ3n) is 11.4. The molecule has 370 valence electrons. The number of aromatic nitrogens is 3. The van der Waals surface area contributed by atoms with E-state index in [1.807, 2.05) is 115 Å². The van der Waals surface area contributed by atoms with Gasteiger partial charge in [-0.2, -0.15) is 0 Å². The first-order chi connectivity index (χ1) is 35.4. The van der Waals surface area contributed by atoms with Crippen LogP contribution in [0, 0.1) is 0 Å². The molecule has 19 heteroatoms. The summed E-state index contributed by atoms with van der Waals surface area (Å²) in [7, 11) is 1.33. The minimum atomic E-state index is -1.04. The Morgan fingerprint density at radius 1 is 0.795 bits per heavy atom. The zero-order valence-electron chi connectivity index (χ0n) is 39.8. The summed E-state index contributed by atoms with van der Waals surface area (Å²) < 4.78 is 12.2. The smallest absolute Gasteiger partial charge is 0.414 e. The third kappa shape index (κ3) is 11.4. The number of hydrogen-bond acceptors (Lipinski definition) is 16. The van der Waals surface area contributed by atoms with Crippen molar-refractivity contribution in [2.75, 3.05) is 23.5 Å². The molecule has 3 amide bonds. The van der Waals surface area contributed by atoms with Crippen molar-refractivity contribution in [2.45, 2.75) is 53.8 Å². The molecule has 0 spiro atoms. The largest absolute Gasteiger partial charge is 0.448 e. The van der Waals surface area contributed by atoms with E-state index in [-0.39, 0.29) is 28.0 Å². The Labute approximate surface area is 438 Å². The summed E-state index contributed by atoms with van der Waals surface area (Å²) in [6.07, 6.45) is 0.268. The van der Waals surface area contributed by atoms with E-state index in [1.54, 1.807) is 37.6 Å². The van der Waals surface area contributed by atoms with Crippen LogP contribution in [-0.2, 0) is 34.2 Å². The first kappa shape index (κ1) is 50.4. The Morgan fingerprint density at radius 2 is 1.36 bits per heavy atom. The Hall–Kier alpha value is -7.58. The average Bonchev–Trinajstić information content (AvgIpc) is 4.07. The number of carbonyl (C=O) groups is 4. The SMILES string of the molecule is CON=C(C(=O)NC1C(=O)N2C(C(=O)OC(c3ccccc3)c3ccccc3)=C(C=CSc3nnc(NC(=O)OC(C)(C)C)s3)CSC12)c1csc(NC(c2ccccc2)(c2ccccc2)c2ccccc2)n1. The van der Waals surface area contributed by atoms with E-state index in [0.29, 0.717) is 15.0 Å². The van der Waals surface area contributed by atoms with Crippen molar-refractivity contribution in [1.82, 2.24) is 25.4 Å². The van der Waals surface area contributed by atoms with Crippen LogP contribution in [0.4, 0.5) is 15.1 Å². The normalized spacial score (nSPS) is 15.9. The molecule has 4 heterocycles. The molecular formula is C54H48N8O7S4. The summed E-state index contributed by atoms with van der Waals surface area (Å²) in [5.74, 6) is -1.67. The number of nitrogens with one attached hydrogen (secondary N) is 3. The maximum atomic E-state index is 14.7. The minimum Gasteiger partial charge on any atom is -0.448 e. The molecule has 3 N–H and O–H groups in total. The number of esters is 1. The third-order valence-corrected chi connectivity index (χ3v) is 15.2. The van der Waals surface area contributed by atoms with Crippen molar-refractivity contribution in [1.29, 1.82) is 0 Å². The predicted octanol–water partition coefficient (Wildman–Crippen LogP) is 10.4. The maximum Gasteiger partial charge on any atom is 0.414 e. The highest BCUT2D eigenvalue weighted by atomic mass is 32.2. The highest BCUT2D eigenvalue weighted by Gasteiger charge is 2.55. The lowest BCUT2D eigenvalue weighted by Crippen LogP contribution is -2.71. The summed E-state index contributed by atoms with van der Waals surface area (Å²) in [6, 6.07) is 47.8. The van der Waals surface area contributed by atoms with Crippen molar-refractivity contribution in [3.05, 3.63) is 213 Å². The van der Waals surface area contributed by atoms with Crippen molar-refractivity contribution in [3.8, 4) is 0 Å².